The molecule has 0 bridgehead atoms. The summed E-state index contributed by atoms with van der Waals surface area (Å²) in [5.41, 5.74) is -0.0958. The Morgan fingerprint density at radius 1 is 0.955 bits per heavy atom. The van der Waals surface area contributed by atoms with Crippen molar-refractivity contribution in [2.45, 2.75) is 65.7 Å². The van der Waals surface area contributed by atoms with Crippen molar-refractivity contribution >= 4 is 8.80 Å². The Hall–Kier alpha value is 0.0169. The molecule has 1 aliphatic rings. The molecule has 0 saturated carbocycles. The highest BCUT2D eigenvalue weighted by Gasteiger charge is 2.49. The van der Waals surface area contributed by atoms with Crippen molar-refractivity contribution in [1.82, 2.24) is 0 Å². The highest BCUT2D eigenvalue weighted by Crippen LogP contribution is 2.25. The summed E-state index contributed by atoms with van der Waals surface area (Å²) in [7, 11) is -2.78. The smallest absolute Gasteiger partial charge is 0.373 e. The maximum atomic E-state index is 6.23. The molecular formula is C16H34O5Si. The van der Waals surface area contributed by atoms with E-state index >= 15 is 0 Å². The van der Waals surface area contributed by atoms with Gasteiger partial charge in [-0.05, 0) is 39.5 Å². The Morgan fingerprint density at radius 2 is 1.50 bits per heavy atom. The lowest BCUT2D eigenvalue weighted by molar-refractivity contribution is -0.0223. The monoisotopic (exact) mass is 334 g/mol. The lowest BCUT2D eigenvalue weighted by Crippen LogP contribution is -2.57. The predicted octanol–water partition coefficient (Wildman–Crippen LogP) is 3.18. The van der Waals surface area contributed by atoms with Gasteiger partial charge in [-0.1, -0.05) is 20.3 Å². The van der Waals surface area contributed by atoms with Crippen LogP contribution in [-0.4, -0.2) is 53.7 Å². The molecule has 0 aromatic heterocycles. The largest absolute Gasteiger partial charge is 0.531 e. The summed E-state index contributed by atoms with van der Waals surface area (Å²) in [5.74, 6) is 0.526. The third-order valence-corrected chi connectivity index (χ3v) is 7.35. The minimum absolute atomic E-state index is 0.0958. The van der Waals surface area contributed by atoms with E-state index in [-0.39, 0.29) is 5.73 Å². The third kappa shape index (κ3) is 6.26. The molecule has 1 fully saturated rings. The third-order valence-electron chi connectivity index (χ3n) is 3.91. The molecule has 1 heterocycles. The Kier molecular flexibility index (Phi) is 9.78. The van der Waals surface area contributed by atoms with Crippen molar-refractivity contribution in [3.63, 3.8) is 0 Å². The molecule has 0 spiro atoms. The Morgan fingerprint density at radius 3 is 1.86 bits per heavy atom. The molecule has 1 saturated heterocycles. The van der Waals surface area contributed by atoms with Crippen molar-refractivity contribution in [2.75, 3.05) is 33.0 Å². The fourth-order valence-corrected chi connectivity index (χ4v) is 5.47. The molecule has 1 rings (SSSR count). The highest BCUT2D eigenvalue weighted by atomic mass is 28.4. The van der Waals surface area contributed by atoms with Crippen LogP contribution in [0.25, 0.3) is 0 Å². The number of hydrogen-bond donors (Lipinski definition) is 0. The minimum atomic E-state index is -2.78. The van der Waals surface area contributed by atoms with E-state index in [2.05, 4.69) is 13.8 Å². The van der Waals surface area contributed by atoms with Gasteiger partial charge in [-0.15, -0.1) is 0 Å². The normalized spacial score (nSPS) is 20.9. The first kappa shape index (κ1) is 20.1. The van der Waals surface area contributed by atoms with Gasteiger partial charge in [0.05, 0.1) is 12.7 Å². The molecule has 22 heavy (non-hydrogen) atoms. The van der Waals surface area contributed by atoms with Gasteiger partial charge in [-0.2, -0.15) is 0 Å². The van der Waals surface area contributed by atoms with E-state index in [1.54, 1.807) is 0 Å². The standard InChI is InChI=1S/C16H34O5Si/c1-6-14(11-15-13-17-15)12-18-16(7-2)22(19-8-3,20-9-4)21-10-5/h14-16H,6-13H2,1-5H3. The first-order chi connectivity index (χ1) is 10.7. The molecule has 3 unspecified atom stereocenters. The van der Waals surface area contributed by atoms with Crippen LogP contribution in [0.4, 0.5) is 0 Å². The van der Waals surface area contributed by atoms with Gasteiger partial charge in [0.15, 0.2) is 0 Å². The van der Waals surface area contributed by atoms with E-state index in [0.29, 0.717) is 31.8 Å². The van der Waals surface area contributed by atoms with E-state index in [9.17, 15) is 0 Å². The molecular weight excluding hydrogens is 300 g/mol. The van der Waals surface area contributed by atoms with Crippen molar-refractivity contribution in [3.05, 3.63) is 0 Å². The van der Waals surface area contributed by atoms with E-state index in [0.717, 1.165) is 32.5 Å². The fourth-order valence-electron chi connectivity index (χ4n) is 2.66. The topological polar surface area (TPSA) is 49.5 Å². The second-order valence-corrected chi connectivity index (χ2v) is 8.32. The second-order valence-electron chi connectivity index (χ2n) is 5.60. The zero-order valence-electron chi connectivity index (χ0n) is 14.9. The summed E-state index contributed by atoms with van der Waals surface area (Å²) in [6.07, 6.45) is 3.46. The van der Waals surface area contributed by atoms with Crippen LogP contribution >= 0.6 is 0 Å². The van der Waals surface area contributed by atoms with Crippen LogP contribution in [0.5, 0.6) is 0 Å². The summed E-state index contributed by atoms with van der Waals surface area (Å²) >= 11 is 0. The van der Waals surface area contributed by atoms with Crippen LogP contribution in [0.2, 0.25) is 0 Å². The molecule has 0 aliphatic carbocycles. The van der Waals surface area contributed by atoms with Crippen LogP contribution < -0.4 is 0 Å². The van der Waals surface area contributed by atoms with Gasteiger partial charge in [0.1, 0.15) is 5.73 Å². The quantitative estimate of drug-likeness (QED) is 0.361. The van der Waals surface area contributed by atoms with Gasteiger partial charge < -0.3 is 22.8 Å². The maximum Gasteiger partial charge on any atom is 0.531 e. The molecule has 0 aromatic rings. The average molecular weight is 335 g/mol. The number of ether oxygens (including phenoxy) is 2. The first-order valence-corrected chi connectivity index (χ1v) is 10.6. The maximum absolute atomic E-state index is 6.23. The van der Waals surface area contributed by atoms with E-state index in [4.69, 9.17) is 22.8 Å². The molecule has 0 N–H and O–H groups in total. The predicted molar refractivity (Wildman–Crippen MR) is 88.8 cm³/mol. The number of hydrogen-bond acceptors (Lipinski definition) is 5. The van der Waals surface area contributed by atoms with Crippen molar-refractivity contribution in [1.29, 1.82) is 0 Å². The van der Waals surface area contributed by atoms with Gasteiger partial charge >= 0.3 is 8.80 Å². The van der Waals surface area contributed by atoms with Gasteiger partial charge in [0.2, 0.25) is 0 Å². The van der Waals surface area contributed by atoms with Gasteiger partial charge in [0, 0.05) is 26.4 Å². The fraction of sp³-hybridized carbons (Fsp3) is 1.00. The van der Waals surface area contributed by atoms with Crippen LogP contribution in [0.3, 0.4) is 0 Å². The van der Waals surface area contributed by atoms with E-state index in [1.807, 2.05) is 20.8 Å². The van der Waals surface area contributed by atoms with Crippen molar-refractivity contribution in [3.8, 4) is 0 Å². The molecule has 6 heteroatoms. The van der Waals surface area contributed by atoms with Gasteiger partial charge in [-0.3, -0.25) is 0 Å². The molecule has 132 valence electrons. The zero-order chi connectivity index (χ0) is 16.4. The Bertz CT molecular complexity index is 269. The molecule has 0 radical (unpaired) electrons. The van der Waals surface area contributed by atoms with Crippen molar-refractivity contribution in [2.24, 2.45) is 5.92 Å². The molecule has 0 aromatic carbocycles. The highest BCUT2D eigenvalue weighted by molar-refractivity contribution is 6.62. The van der Waals surface area contributed by atoms with Crippen LogP contribution in [0.1, 0.15) is 53.9 Å². The van der Waals surface area contributed by atoms with Crippen LogP contribution in [-0.2, 0) is 22.8 Å². The summed E-state index contributed by atoms with van der Waals surface area (Å²) in [6, 6.07) is 0. The Labute approximate surface area is 137 Å². The summed E-state index contributed by atoms with van der Waals surface area (Å²) in [4.78, 5) is 0. The Balaban J connectivity index is 2.64. The summed E-state index contributed by atoms with van der Waals surface area (Å²) in [6.45, 7) is 13.6. The van der Waals surface area contributed by atoms with Gasteiger partial charge in [-0.25, -0.2) is 0 Å². The molecule has 0 amide bonds. The van der Waals surface area contributed by atoms with Gasteiger partial charge in [0.25, 0.3) is 0 Å². The number of epoxide rings is 1. The first-order valence-electron chi connectivity index (χ1n) is 8.80. The summed E-state index contributed by atoms with van der Waals surface area (Å²) in [5, 5.41) is 0. The second kappa shape index (κ2) is 10.7. The van der Waals surface area contributed by atoms with E-state index in [1.165, 1.54) is 0 Å². The van der Waals surface area contributed by atoms with Crippen molar-refractivity contribution < 1.29 is 22.8 Å². The zero-order valence-corrected chi connectivity index (χ0v) is 15.9. The summed E-state index contributed by atoms with van der Waals surface area (Å²) < 4.78 is 29.5. The molecule has 3 atom stereocenters. The molecule has 5 nitrogen and oxygen atoms in total. The lowest BCUT2D eigenvalue weighted by Gasteiger charge is -2.35. The number of rotatable bonds is 14. The minimum Gasteiger partial charge on any atom is -0.373 e. The average Bonchev–Trinajstić information content (AvgIpc) is 3.31. The van der Waals surface area contributed by atoms with Crippen LogP contribution in [0, 0.1) is 5.92 Å². The van der Waals surface area contributed by atoms with E-state index < -0.39 is 8.80 Å². The lowest BCUT2D eigenvalue weighted by atomic mass is 10.0. The van der Waals surface area contributed by atoms with Crippen LogP contribution in [0.15, 0.2) is 0 Å². The SMILES string of the molecule is CCO[Si](OCC)(OCC)C(CC)OCC(CC)CC1CO1. The molecule has 1 aliphatic heterocycles.